The maximum absolute atomic E-state index is 13.2. The SMILES string of the molecule is O=c1c2ccccc2nc(SCc2nc(-c3ccc(Cl)cc3)no2)n1Cc1cccs1. The predicted octanol–water partition coefficient (Wildman–Crippen LogP) is 5.50. The van der Waals surface area contributed by atoms with Gasteiger partial charge in [0.1, 0.15) is 0 Å². The van der Waals surface area contributed by atoms with Gasteiger partial charge < -0.3 is 4.52 Å². The lowest BCUT2D eigenvalue weighted by molar-refractivity contribution is 0.391. The molecule has 0 radical (unpaired) electrons. The number of halogens is 1. The van der Waals surface area contributed by atoms with Gasteiger partial charge in [0.2, 0.25) is 11.7 Å². The molecule has 6 nitrogen and oxygen atoms in total. The highest BCUT2D eigenvalue weighted by Gasteiger charge is 2.15. The van der Waals surface area contributed by atoms with Gasteiger partial charge in [-0.25, -0.2) is 4.98 Å². The van der Waals surface area contributed by atoms with Gasteiger partial charge in [0.15, 0.2) is 5.16 Å². The van der Waals surface area contributed by atoms with E-state index in [1.54, 1.807) is 34.1 Å². The summed E-state index contributed by atoms with van der Waals surface area (Å²) in [4.78, 5) is 23.4. The normalized spacial score (nSPS) is 11.3. The van der Waals surface area contributed by atoms with E-state index in [1.807, 2.05) is 47.8 Å². The van der Waals surface area contributed by atoms with Gasteiger partial charge in [-0.05, 0) is 47.8 Å². The Kier molecular flexibility index (Phi) is 5.59. The Hall–Kier alpha value is -2.94. The molecule has 0 saturated heterocycles. The van der Waals surface area contributed by atoms with E-state index in [-0.39, 0.29) is 5.56 Å². The molecule has 154 valence electrons. The first-order chi connectivity index (χ1) is 15.2. The number of fused-ring (bicyclic) bond motifs is 1. The Morgan fingerprint density at radius 1 is 1.03 bits per heavy atom. The Balaban J connectivity index is 1.44. The summed E-state index contributed by atoms with van der Waals surface area (Å²) in [5.74, 6) is 1.35. The molecule has 2 aromatic carbocycles. The standard InChI is InChI=1S/C22H15ClN4O2S2/c23-15-9-7-14(8-10-15)20-25-19(29-26-20)13-31-22-24-18-6-2-1-5-17(18)21(28)27(22)12-16-4-3-11-30-16/h1-11H,12-13H2. The summed E-state index contributed by atoms with van der Waals surface area (Å²) in [6, 6.07) is 18.6. The summed E-state index contributed by atoms with van der Waals surface area (Å²) in [5.41, 5.74) is 1.43. The molecule has 0 amide bonds. The van der Waals surface area contributed by atoms with Gasteiger partial charge >= 0.3 is 0 Å². The summed E-state index contributed by atoms with van der Waals surface area (Å²) < 4.78 is 7.11. The van der Waals surface area contributed by atoms with Crippen LogP contribution >= 0.6 is 34.7 Å². The molecule has 0 fully saturated rings. The van der Waals surface area contributed by atoms with Crippen LogP contribution in [0, 0.1) is 0 Å². The highest BCUT2D eigenvalue weighted by atomic mass is 35.5. The third kappa shape index (κ3) is 4.27. The van der Waals surface area contributed by atoms with Crippen molar-refractivity contribution in [3.05, 3.63) is 92.2 Å². The summed E-state index contributed by atoms with van der Waals surface area (Å²) >= 11 is 8.95. The second kappa shape index (κ2) is 8.66. The van der Waals surface area contributed by atoms with E-state index in [1.165, 1.54) is 11.8 Å². The van der Waals surface area contributed by atoms with E-state index in [2.05, 4.69) is 10.1 Å². The van der Waals surface area contributed by atoms with Crippen LogP contribution in [-0.2, 0) is 12.3 Å². The zero-order valence-corrected chi connectivity index (χ0v) is 18.5. The van der Waals surface area contributed by atoms with E-state index >= 15 is 0 Å². The van der Waals surface area contributed by atoms with Crippen LogP contribution in [0.25, 0.3) is 22.3 Å². The fourth-order valence-electron chi connectivity index (χ4n) is 3.11. The quantitative estimate of drug-likeness (QED) is 0.243. The fourth-order valence-corrected chi connectivity index (χ4v) is 4.77. The number of para-hydroxylation sites is 1. The van der Waals surface area contributed by atoms with Crippen LogP contribution in [0.15, 0.2) is 80.5 Å². The number of benzene rings is 2. The first kappa shape index (κ1) is 20.0. The van der Waals surface area contributed by atoms with Crippen molar-refractivity contribution < 1.29 is 4.52 Å². The third-order valence-electron chi connectivity index (χ3n) is 4.62. The minimum atomic E-state index is -0.0612. The lowest BCUT2D eigenvalue weighted by Gasteiger charge is -2.11. The second-order valence-corrected chi connectivity index (χ2v) is 9.10. The van der Waals surface area contributed by atoms with Crippen LogP contribution in [0.3, 0.4) is 0 Å². The minimum Gasteiger partial charge on any atom is -0.338 e. The summed E-state index contributed by atoms with van der Waals surface area (Å²) in [6.07, 6.45) is 0. The van der Waals surface area contributed by atoms with Crippen LogP contribution in [0.5, 0.6) is 0 Å². The van der Waals surface area contributed by atoms with Crippen molar-refractivity contribution in [2.75, 3.05) is 0 Å². The molecule has 0 bridgehead atoms. The second-order valence-electron chi connectivity index (χ2n) is 6.69. The van der Waals surface area contributed by atoms with Crippen LogP contribution in [0.1, 0.15) is 10.8 Å². The zero-order valence-electron chi connectivity index (χ0n) is 16.1. The van der Waals surface area contributed by atoms with Crippen LogP contribution in [-0.4, -0.2) is 19.7 Å². The molecule has 9 heteroatoms. The van der Waals surface area contributed by atoms with Crippen molar-refractivity contribution in [2.24, 2.45) is 0 Å². The highest BCUT2D eigenvalue weighted by Crippen LogP contribution is 2.25. The van der Waals surface area contributed by atoms with Gasteiger partial charge in [-0.2, -0.15) is 4.98 Å². The average molecular weight is 467 g/mol. The maximum atomic E-state index is 13.2. The molecule has 5 rings (SSSR count). The van der Waals surface area contributed by atoms with Gasteiger partial charge in [0.05, 0.1) is 23.2 Å². The van der Waals surface area contributed by atoms with Crippen molar-refractivity contribution in [1.29, 1.82) is 0 Å². The summed E-state index contributed by atoms with van der Waals surface area (Å²) in [7, 11) is 0. The number of aromatic nitrogens is 4. The van der Waals surface area contributed by atoms with E-state index in [9.17, 15) is 4.79 Å². The van der Waals surface area contributed by atoms with Crippen LogP contribution in [0.2, 0.25) is 5.02 Å². The summed E-state index contributed by atoms with van der Waals surface area (Å²) in [5, 5.41) is 7.91. The van der Waals surface area contributed by atoms with Crippen molar-refractivity contribution in [3.8, 4) is 11.4 Å². The van der Waals surface area contributed by atoms with E-state index in [0.717, 1.165) is 10.4 Å². The lowest BCUT2D eigenvalue weighted by Crippen LogP contribution is -2.23. The van der Waals surface area contributed by atoms with Crippen molar-refractivity contribution in [1.82, 2.24) is 19.7 Å². The number of nitrogens with zero attached hydrogens (tertiary/aromatic N) is 4. The molecule has 3 heterocycles. The molecular weight excluding hydrogens is 452 g/mol. The molecule has 3 aromatic heterocycles. The molecule has 0 aliphatic rings. The van der Waals surface area contributed by atoms with Gasteiger partial charge in [-0.15, -0.1) is 11.3 Å². The molecular formula is C22H15ClN4O2S2. The molecule has 0 atom stereocenters. The number of thioether (sulfide) groups is 1. The van der Waals surface area contributed by atoms with Crippen molar-refractivity contribution in [3.63, 3.8) is 0 Å². The first-order valence-electron chi connectivity index (χ1n) is 9.41. The Morgan fingerprint density at radius 3 is 2.68 bits per heavy atom. The summed E-state index contributed by atoms with van der Waals surface area (Å²) in [6.45, 7) is 0.469. The zero-order chi connectivity index (χ0) is 21.2. The van der Waals surface area contributed by atoms with Crippen LogP contribution < -0.4 is 5.56 Å². The number of hydrogen-bond acceptors (Lipinski definition) is 7. The maximum Gasteiger partial charge on any atom is 0.262 e. The number of rotatable bonds is 6. The molecule has 5 aromatic rings. The van der Waals surface area contributed by atoms with Crippen LogP contribution in [0.4, 0.5) is 0 Å². The van der Waals surface area contributed by atoms with Gasteiger partial charge in [0.25, 0.3) is 5.56 Å². The lowest BCUT2D eigenvalue weighted by atomic mass is 10.2. The van der Waals surface area contributed by atoms with Crippen molar-refractivity contribution >= 4 is 45.6 Å². The highest BCUT2D eigenvalue weighted by molar-refractivity contribution is 7.98. The molecule has 0 unspecified atom stereocenters. The van der Waals surface area contributed by atoms with E-state index in [4.69, 9.17) is 21.1 Å². The smallest absolute Gasteiger partial charge is 0.262 e. The largest absolute Gasteiger partial charge is 0.338 e. The average Bonchev–Trinajstić information content (AvgIpc) is 3.47. The Labute approximate surface area is 190 Å². The predicted molar refractivity (Wildman–Crippen MR) is 124 cm³/mol. The minimum absolute atomic E-state index is 0.0612. The molecule has 0 N–H and O–H groups in total. The molecule has 0 saturated carbocycles. The number of hydrogen-bond donors (Lipinski definition) is 0. The Morgan fingerprint density at radius 2 is 1.87 bits per heavy atom. The van der Waals surface area contributed by atoms with Gasteiger partial charge in [-0.3, -0.25) is 9.36 Å². The van der Waals surface area contributed by atoms with Gasteiger partial charge in [0, 0.05) is 15.5 Å². The number of thiophene rings is 1. The first-order valence-corrected chi connectivity index (χ1v) is 11.6. The van der Waals surface area contributed by atoms with Crippen molar-refractivity contribution in [2.45, 2.75) is 17.5 Å². The molecule has 0 spiro atoms. The van der Waals surface area contributed by atoms with E-state index in [0.29, 0.717) is 45.1 Å². The van der Waals surface area contributed by atoms with E-state index < -0.39 is 0 Å². The fraction of sp³-hybridized carbons (Fsp3) is 0.0909. The Bertz CT molecular complexity index is 1400. The monoisotopic (exact) mass is 466 g/mol. The molecule has 31 heavy (non-hydrogen) atoms. The third-order valence-corrected chi connectivity index (χ3v) is 6.69. The molecule has 0 aliphatic carbocycles. The van der Waals surface area contributed by atoms with Gasteiger partial charge in [-0.1, -0.05) is 46.7 Å². The molecule has 0 aliphatic heterocycles. The topological polar surface area (TPSA) is 73.8 Å².